The van der Waals surface area contributed by atoms with Gasteiger partial charge in [-0.15, -0.1) is 0 Å². The van der Waals surface area contributed by atoms with Crippen molar-refractivity contribution in [2.24, 2.45) is 0 Å². The number of phenolic OH excluding ortho intramolecular Hbond substituents is 1. The molecule has 0 fully saturated rings. The summed E-state index contributed by atoms with van der Waals surface area (Å²) in [5.41, 5.74) is 1.67. The predicted octanol–water partition coefficient (Wildman–Crippen LogP) is 1.97. The summed E-state index contributed by atoms with van der Waals surface area (Å²) in [7, 11) is 0. The van der Waals surface area contributed by atoms with E-state index in [0.29, 0.717) is 12.2 Å². The summed E-state index contributed by atoms with van der Waals surface area (Å²) >= 11 is 0. The Bertz CT molecular complexity index is 561. The van der Waals surface area contributed by atoms with E-state index in [2.05, 4.69) is 10.4 Å². The SMILES string of the molecule is CCCn1nccc1C(=O)NCCc1ccc(O)cc1. The molecule has 0 unspecified atom stereocenters. The van der Waals surface area contributed by atoms with Crippen LogP contribution in [0.15, 0.2) is 36.5 Å². The molecule has 0 bridgehead atoms. The Balaban J connectivity index is 1.85. The van der Waals surface area contributed by atoms with Crippen molar-refractivity contribution in [3.05, 3.63) is 47.8 Å². The van der Waals surface area contributed by atoms with Crippen LogP contribution in [0.1, 0.15) is 29.4 Å². The molecule has 5 nitrogen and oxygen atoms in total. The minimum Gasteiger partial charge on any atom is -0.508 e. The van der Waals surface area contributed by atoms with Gasteiger partial charge in [0.15, 0.2) is 0 Å². The van der Waals surface area contributed by atoms with Gasteiger partial charge in [0.05, 0.1) is 0 Å². The number of carbonyl (C=O) groups excluding carboxylic acids is 1. The van der Waals surface area contributed by atoms with Gasteiger partial charge < -0.3 is 10.4 Å². The van der Waals surface area contributed by atoms with Gasteiger partial charge in [0.2, 0.25) is 0 Å². The molecular formula is C15H19N3O2. The molecule has 0 saturated heterocycles. The van der Waals surface area contributed by atoms with E-state index in [0.717, 1.165) is 24.9 Å². The van der Waals surface area contributed by atoms with Gasteiger partial charge in [-0.2, -0.15) is 5.10 Å². The second-order valence-electron chi connectivity index (χ2n) is 4.61. The topological polar surface area (TPSA) is 67.2 Å². The van der Waals surface area contributed by atoms with Crippen molar-refractivity contribution >= 4 is 5.91 Å². The first-order chi connectivity index (χ1) is 9.70. The number of aryl methyl sites for hydroxylation is 1. The number of aromatic nitrogens is 2. The van der Waals surface area contributed by atoms with Crippen LogP contribution in [0.2, 0.25) is 0 Å². The Hall–Kier alpha value is -2.30. The standard InChI is InChI=1S/C15H19N3O2/c1-2-11-18-14(8-10-17-18)15(20)16-9-7-12-3-5-13(19)6-4-12/h3-6,8,10,19H,2,7,9,11H2,1H3,(H,16,20). The molecule has 5 heteroatoms. The van der Waals surface area contributed by atoms with Crippen molar-refractivity contribution in [2.45, 2.75) is 26.3 Å². The molecule has 0 atom stereocenters. The van der Waals surface area contributed by atoms with E-state index in [9.17, 15) is 9.90 Å². The van der Waals surface area contributed by atoms with Crippen LogP contribution in [0.3, 0.4) is 0 Å². The highest BCUT2D eigenvalue weighted by molar-refractivity contribution is 5.92. The molecule has 1 aromatic heterocycles. The van der Waals surface area contributed by atoms with Gasteiger partial charge in [0.25, 0.3) is 5.91 Å². The predicted molar refractivity (Wildman–Crippen MR) is 76.7 cm³/mol. The number of rotatable bonds is 6. The van der Waals surface area contributed by atoms with Crippen LogP contribution in [0.25, 0.3) is 0 Å². The monoisotopic (exact) mass is 273 g/mol. The summed E-state index contributed by atoms with van der Waals surface area (Å²) in [6.45, 7) is 3.35. The van der Waals surface area contributed by atoms with Gasteiger partial charge in [-0.3, -0.25) is 9.48 Å². The molecule has 1 heterocycles. The Labute approximate surface area is 118 Å². The Morgan fingerprint density at radius 3 is 2.75 bits per heavy atom. The van der Waals surface area contributed by atoms with Gasteiger partial charge in [0.1, 0.15) is 11.4 Å². The number of carbonyl (C=O) groups is 1. The van der Waals surface area contributed by atoms with E-state index in [4.69, 9.17) is 0 Å². The molecule has 1 amide bonds. The Kier molecular flexibility index (Phi) is 4.76. The zero-order chi connectivity index (χ0) is 14.4. The first kappa shape index (κ1) is 14.1. The normalized spacial score (nSPS) is 10.4. The molecule has 0 aliphatic heterocycles. The van der Waals surface area contributed by atoms with Crippen LogP contribution in [-0.2, 0) is 13.0 Å². The second kappa shape index (κ2) is 6.75. The third kappa shape index (κ3) is 3.60. The van der Waals surface area contributed by atoms with Crippen LogP contribution < -0.4 is 5.32 Å². The van der Waals surface area contributed by atoms with Gasteiger partial charge in [-0.1, -0.05) is 19.1 Å². The molecule has 0 radical (unpaired) electrons. The average Bonchev–Trinajstić information content (AvgIpc) is 2.90. The van der Waals surface area contributed by atoms with Crippen molar-refractivity contribution in [3.63, 3.8) is 0 Å². The quantitative estimate of drug-likeness (QED) is 0.845. The molecule has 0 aliphatic rings. The molecule has 106 valence electrons. The highest BCUT2D eigenvalue weighted by atomic mass is 16.3. The van der Waals surface area contributed by atoms with Gasteiger partial charge >= 0.3 is 0 Å². The lowest BCUT2D eigenvalue weighted by molar-refractivity contribution is 0.0943. The summed E-state index contributed by atoms with van der Waals surface area (Å²) in [5.74, 6) is 0.149. The fourth-order valence-corrected chi connectivity index (χ4v) is 1.99. The molecule has 1 aromatic carbocycles. The number of phenols is 1. The zero-order valence-electron chi connectivity index (χ0n) is 11.5. The molecule has 0 saturated carbocycles. The molecule has 20 heavy (non-hydrogen) atoms. The third-order valence-electron chi connectivity index (χ3n) is 3.02. The van der Waals surface area contributed by atoms with Crippen molar-refractivity contribution in [3.8, 4) is 5.75 Å². The highest BCUT2D eigenvalue weighted by Crippen LogP contribution is 2.09. The Morgan fingerprint density at radius 1 is 1.30 bits per heavy atom. The van der Waals surface area contributed by atoms with Gasteiger partial charge in [-0.05, 0) is 36.6 Å². The maximum absolute atomic E-state index is 12.0. The Morgan fingerprint density at radius 2 is 2.05 bits per heavy atom. The maximum Gasteiger partial charge on any atom is 0.269 e. The van der Waals surface area contributed by atoms with Gasteiger partial charge in [0, 0.05) is 19.3 Å². The number of hydrogen-bond acceptors (Lipinski definition) is 3. The zero-order valence-corrected chi connectivity index (χ0v) is 11.5. The van der Waals surface area contributed by atoms with E-state index < -0.39 is 0 Å². The number of amides is 1. The van der Waals surface area contributed by atoms with Crippen LogP contribution >= 0.6 is 0 Å². The lowest BCUT2D eigenvalue weighted by atomic mass is 10.1. The summed E-state index contributed by atoms with van der Waals surface area (Å²) in [6, 6.07) is 8.72. The highest BCUT2D eigenvalue weighted by Gasteiger charge is 2.10. The van der Waals surface area contributed by atoms with Crippen molar-refractivity contribution in [1.29, 1.82) is 0 Å². The number of aromatic hydroxyl groups is 1. The summed E-state index contributed by atoms with van der Waals surface area (Å²) in [4.78, 5) is 12.0. The second-order valence-corrected chi connectivity index (χ2v) is 4.61. The molecule has 2 aromatic rings. The maximum atomic E-state index is 12.0. The van der Waals surface area contributed by atoms with Crippen LogP contribution in [0.5, 0.6) is 5.75 Å². The lowest BCUT2D eigenvalue weighted by Gasteiger charge is -2.07. The summed E-state index contributed by atoms with van der Waals surface area (Å²) in [6.07, 6.45) is 3.31. The minimum absolute atomic E-state index is 0.102. The van der Waals surface area contributed by atoms with Crippen molar-refractivity contribution < 1.29 is 9.90 Å². The average molecular weight is 273 g/mol. The van der Waals surface area contributed by atoms with Crippen LogP contribution in [-0.4, -0.2) is 27.3 Å². The van der Waals surface area contributed by atoms with E-state index in [1.54, 1.807) is 29.1 Å². The summed E-state index contributed by atoms with van der Waals surface area (Å²) in [5, 5.41) is 16.2. The number of nitrogens with zero attached hydrogens (tertiary/aromatic N) is 2. The smallest absolute Gasteiger partial charge is 0.269 e. The minimum atomic E-state index is -0.102. The third-order valence-corrected chi connectivity index (χ3v) is 3.02. The largest absolute Gasteiger partial charge is 0.508 e. The molecule has 0 spiro atoms. The summed E-state index contributed by atoms with van der Waals surface area (Å²) < 4.78 is 1.72. The van der Waals surface area contributed by atoms with Crippen LogP contribution in [0, 0.1) is 0 Å². The first-order valence-electron chi connectivity index (χ1n) is 6.78. The van der Waals surface area contributed by atoms with Crippen molar-refractivity contribution in [2.75, 3.05) is 6.54 Å². The molecule has 2 N–H and O–H groups in total. The van der Waals surface area contributed by atoms with Crippen molar-refractivity contribution in [1.82, 2.24) is 15.1 Å². The number of hydrogen-bond donors (Lipinski definition) is 2. The fraction of sp³-hybridized carbons (Fsp3) is 0.333. The van der Waals surface area contributed by atoms with Crippen LogP contribution in [0.4, 0.5) is 0 Å². The van der Waals surface area contributed by atoms with E-state index in [-0.39, 0.29) is 11.7 Å². The van der Waals surface area contributed by atoms with E-state index >= 15 is 0 Å². The van der Waals surface area contributed by atoms with E-state index in [1.807, 2.05) is 19.1 Å². The van der Waals surface area contributed by atoms with E-state index in [1.165, 1.54) is 0 Å². The first-order valence-corrected chi connectivity index (χ1v) is 6.78. The van der Waals surface area contributed by atoms with Gasteiger partial charge in [-0.25, -0.2) is 0 Å². The number of nitrogens with one attached hydrogen (secondary N) is 1. The fourth-order valence-electron chi connectivity index (χ4n) is 1.99. The lowest BCUT2D eigenvalue weighted by Crippen LogP contribution is -2.28. The molecule has 0 aliphatic carbocycles. The number of benzene rings is 1. The molecule has 2 rings (SSSR count). The molecular weight excluding hydrogens is 254 g/mol.